The summed E-state index contributed by atoms with van der Waals surface area (Å²) < 4.78 is 10.1. The van der Waals surface area contributed by atoms with Gasteiger partial charge in [0.05, 0.1) is 22.7 Å². The van der Waals surface area contributed by atoms with Gasteiger partial charge in [-0.05, 0) is 36.3 Å². The number of hydrogen-bond donors (Lipinski definition) is 1. The van der Waals surface area contributed by atoms with Gasteiger partial charge in [-0.3, -0.25) is 19.7 Å². The van der Waals surface area contributed by atoms with E-state index in [-0.39, 0.29) is 40.1 Å². The smallest absolute Gasteiger partial charge is 0.341 e. The van der Waals surface area contributed by atoms with Crippen molar-refractivity contribution in [3.05, 3.63) is 50.4 Å². The number of non-ortho nitro benzene ring substituents is 1. The first-order valence-electron chi connectivity index (χ1n) is 9.19. The van der Waals surface area contributed by atoms with Crippen molar-refractivity contribution in [1.29, 1.82) is 0 Å². The van der Waals surface area contributed by atoms with Gasteiger partial charge < -0.3 is 14.8 Å². The van der Waals surface area contributed by atoms with Crippen LogP contribution in [0.5, 0.6) is 5.75 Å². The molecule has 0 spiro atoms. The number of rotatable bonds is 8. The van der Waals surface area contributed by atoms with Crippen molar-refractivity contribution in [3.63, 3.8) is 0 Å². The zero-order valence-corrected chi connectivity index (χ0v) is 17.8. The van der Waals surface area contributed by atoms with E-state index < -0.39 is 22.8 Å². The minimum absolute atomic E-state index is 0.123. The number of anilines is 1. The third-order valence-corrected chi connectivity index (χ3v) is 4.82. The second kappa shape index (κ2) is 9.97. The first-order valence-corrected chi connectivity index (χ1v) is 10.1. The second-order valence-electron chi connectivity index (χ2n) is 6.77. The molecule has 160 valence electrons. The molecule has 1 aromatic carbocycles. The first kappa shape index (κ1) is 23.0. The number of nitrogens with one attached hydrogen (secondary N) is 1. The Morgan fingerprint density at radius 1 is 1.27 bits per heavy atom. The fraction of sp³-hybridized carbons (Fsp3) is 0.350. The zero-order valence-electron chi connectivity index (χ0n) is 17.0. The summed E-state index contributed by atoms with van der Waals surface area (Å²) in [6, 6.07) is 3.32. The molecule has 0 unspecified atom stereocenters. The summed E-state index contributed by atoms with van der Waals surface area (Å²) in [4.78, 5) is 47.1. The number of thiophene rings is 1. The van der Waals surface area contributed by atoms with Crippen LogP contribution in [0.1, 0.15) is 54.0 Å². The van der Waals surface area contributed by atoms with Gasteiger partial charge in [-0.25, -0.2) is 4.79 Å². The molecule has 1 N–H and O–H groups in total. The van der Waals surface area contributed by atoms with Crippen LogP contribution in [0, 0.1) is 16.0 Å². The number of amides is 1. The molecule has 1 aromatic heterocycles. The van der Waals surface area contributed by atoms with Crippen molar-refractivity contribution >= 4 is 39.9 Å². The lowest BCUT2D eigenvalue weighted by atomic mass is 10.0. The third-order valence-electron chi connectivity index (χ3n) is 3.87. The molecule has 0 saturated heterocycles. The zero-order chi connectivity index (χ0) is 22.4. The Kier molecular flexibility index (Phi) is 7.65. The van der Waals surface area contributed by atoms with Crippen LogP contribution in [0.25, 0.3) is 0 Å². The van der Waals surface area contributed by atoms with E-state index >= 15 is 0 Å². The Labute approximate surface area is 177 Å². The normalized spacial score (nSPS) is 10.6. The number of esters is 2. The quantitative estimate of drug-likeness (QED) is 0.285. The summed E-state index contributed by atoms with van der Waals surface area (Å²) in [5.41, 5.74) is 0.452. The van der Waals surface area contributed by atoms with Crippen LogP contribution in [0.15, 0.2) is 23.6 Å². The van der Waals surface area contributed by atoms with Gasteiger partial charge in [0.25, 0.3) is 11.6 Å². The van der Waals surface area contributed by atoms with E-state index in [1.807, 2.05) is 13.8 Å². The maximum atomic E-state index is 12.9. The largest absolute Gasteiger partial charge is 0.462 e. The van der Waals surface area contributed by atoms with Crippen molar-refractivity contribution in [2.24, 2.45) is 5.92 Å². The van der Waals surface area contributed by atoms with Crippen LogP contribution in [0.2, 0.25) is 0 Å². The van der Waals surface area contributed by atoms with E-state index in [1.54, 1.807) is 12.3 Å². The number of nitro benzene ring substituents is 1. The molecule has 1 heterocycles. The minimum Gasteiger partial charge on any atom is -0.462 e. The maximum absolute atomic E-state index is 12.9. The minimum atomic E-state index is -0.751. The fourth-order valence-corrected chi connectivity index (χ4v) is 3.68. The predicted molar refractivity (Wildman–Crippen MR) is 111 cm³/mol. The highest BCUT2D eigenvalue weighted by Gasteiger charge is 2.25. The van der Waals surface area contributed by atoms with Crippen LogP contribution in [0.3, 0.4) is 0 Å². The highest BCUT2D eigenvalue weighted by Crippen LogP contribution is 2.32. The maximum Gasteiger partial charge on any atom is 0.341 e. The van der Waals surface area contributed by atoms with E-state index in [2.05, 4.69) is 5.32 Å². The molecule has 30 heavy (non-hydrogen) atoms. The van der Waals surface area contributed by atoms with Gasteiger partial charge in [-0.1, -0.05) is 13.8 Å². The lowest BCUT2D eigenvalue weighted by Gasteiger charge is -2.11. The van der Waals surface area contributed by atoms with E-state index in [0.29, 0.717) is 6.42 Å². The summed E-state index contributed by atoms with van der Waals surface area (Å²) >= 11 is 1.15. The molecule has 2 rings (SSSR count). The van der Waals surface area contributed by atoms with E-state index in [9.17, 15) is 24.5 Å². The molecule has 0 fully saturated rings. The summed E-state index contributed by atoms with van der Waals surface area (Å²) in [5.74, 6) is -1.85. The Morgan fingerprint density at radius 3 is 2.53 bits per heavy atom. The summed E-state index contributed by atoms with van der Waals surface area (Å²) in [7, 11) is 0. The van der Waals surface area contributed by atoms with Gasteiger partial charge >= 0.3 is 11.9 Å². The van der Waals surface area contributed by atoms with Gasteiger partial charge in [0.1, 0.15) is 10.8 Å². The average molecular weight is 434 g/mol. The summed E-state index contributed by atoms with van der Waals surface area (Å²) in [6.45, 7) is 7.00. The standard InChI is InChI=1S/C20H22N2O7S/c1-5-28-20(25)17-13(8-11(2)3)10-30-19(17)21-18(24)15-9-14(22(26)27)6-7-16(15)29-12(4)23/h6-7,9-11H,5,8H2,1-4H3,(H,21,24). The van der Waals surface area contributed by atoms with Crippen LogP contribution in [-0.4, -0.2) is 29.4 Å². The molecule has 0 aliphatic rings. The molecular weight excluding hydrogens is 412 g/mol. The van der Waals surface area contributed by atoms with Crippen LogP contribution >= 0.6 is 11.3 Å². The van der Waals surface area contributed by atoms with Crippen molar-refractivity contribution in [1.82, 2.24) is 0 Å². The van der Waals surface area contributed by atoms with Crippen molar-refractivity contribution in [3.8, 4) is 5.75 Å². The fourth-order valence-electron chi connectivity index (χ4n) is 2.73. The summed E-state index contributed by atoms with van der Waals surface area (Å²) in [6.07, 6.45) is 0.607. The molecule has 0 bridgehead atoms. The Morgan fingerprint density at radius 2 is 1.97 bits per heavy atom. The van der Waals surface area contributed by atoms with Gasteiger partial charge in [-0.15, -0.1) is 11.3 Å². The van der Waals surface area contributed by atoms with Crippen LogP contribution < -0.4 is 10.1 Å². The highest BCUT2D eigenvalue weighted by molar-refractivity contribution is 7.15. The average Bonchev–Trinajstić information content (AvgIpc) is 3.02. The van der Waals surface area contributed by atoms with Gasteiger partial charge in [-0.2, -0.15) is 0 Å². The molecule has 1 amide bonds. The van der Waals surface area contributed by atoms with Crippen molar-refractivity contribution in [2.75, 3.05) is 11.9 Å². The number of hydrogen-bond acceptors (Lipinski definition) is 8. The van der Waals surface area contributed by atoms with E-state index in [0.717, 1.165) is 36.0 Å². The molecule has 0 saturated carbocycles. The lowest BCUT2D eigenvalue weighted by molar-refractivity contribution is -0.384. The summed E-state index contributed by atoms with van der Waals surface area (Å²) in [5, 5.41) is 15.7. The van der Waals surface area contributed by atoms with Gasteiger partial charge in [0.15, 0.2) is 0 Å². The van der Waals surface area contributed by atoms with Gasteiger partial charge in [0, 0.05) is 19.1 Å². The number of benzene rings is 1. The highest BCUT2D eigenvalue weighted by atomic mass is 32.1. The Hall–Kier alpha value is -3.27. The van der Waals surface area contributed by atoms with Crippen molar-refractivity contribution < 1.29 is 28.8 Å². The molecule has 2 aromatic rings. The molecule has 0 aliphatic carbocycles. The number of ether oxygens (including phenoxy) is 2. The topological polar surface area (TPSA) is 125 Å². The number of nitro groups is 1. The molecule has 0 aliphatic heterocycles. The monoisotopic (exact) mass is 434 g/mol. The predicted octanol–water partition coefficient (Wildman–Crippen LogP) is 4.21. The van der Waals surface area contributed by atoms with E-state index in [4.69, 9.17) is 9.47 Å². The molecule has 0 atom stereocenters. The number of nitrogens with zero attached hydrogens (tertiary/aromatic N) is 1. The van der Waals surface area contributed by atoms with Crippen LogP contribution in [-0.2, 0) is 16.0 Å². The molecule has 10 heteroatoms. The second-order valence-corrected chi connectivity index (χ2v) is 7.65. The van der Waals surface area contributed by atoms with Gasteiger partial charge in [0.2, 0.25) is 0 Å². The van der Waals surface area contributed by atoms with Crippen LogP contribution in [0.4, 0.5) is 10.7 Å². The third kappa shape index (κ3) is 5.63. The Balaban J connectivity index is 2.45. The molecular formula is C20H22N2O7S. The number of carbonyl (C=O) groups excluding carboxylic acids is 3. The lowest BCUT2D eigenvalue weighted by Crippen LogP contribution is -2.17. The SMILES string of the molecule is CCOC(=O)c1c(CC(C)C)csc1NC(=O)c1cc([N+](=O)[O-])ccc1OC(C)=O. The Bertz CT molecular complexity index is 982. The molecule has 9 nitrogen and oxygen atoms in total. The number of carbonyl (C=O) groups is 3. The first-order chi connectivity index (χ1) is 14.1. The van der Waals surface area contributed by atoms with E-state index in [1.165, 1.54) is 6.07 Å². The van der Waals surface area contributed by atoms with Crippen molar-refractivity contribution in [2.45, 2.75) is 34.1 Å². The molecule has 0 radical (unpaired) electrons.